The fourth-order valence-electron chi connectivity index (χ4n) is 2.93. The SMILES string of the molecule is CC(=O)NCCC(=O)N1CCC(c2ccc3c(c2)OCO3)C1. The van der Waals surface area contributed by atoms with Crippen molar-refractivity contribution < 1.29 is 19.1 Å². The fourth-order valence-corrected chi connectivity index (χ4v) is 2.93. The van der Waals surface area contributed by atoms with Gasteiger partial charge in [-0.3, -0.25) is 9.59 Å². The molecular formula is C16H20N2O4. The van der Waals surface area contributed by atoms with Gasteiger partial charge in [0, 0.05) is 38.9 Å². The molecule has 2 aliphatic rings. The van der Waals surface area contributed by atoms with Crippen LogP contribution in [-0.2, 0) is 9.59 Å². The Kier molecular flexibility index (Phi) is 4.18. The molecule has 2 heterocycles. The second kappa shape index (κ2) is 6.25. The lowest BCUT2D eigenvalue weighted by atomic mass is 9.98. The highest BCUT2D eigenvalue weighted by Crippen LogP contribution is 2.37. The summed E-state index contributed by atoms with van der Waals surface area (Å²) in [6.07, 6.45) is 1.30. The van der Waals surface area contributed by atoms with Crippen LogP contribution in [-0.4, -0.2) is 43.1 Å². The van der Waals surface area contributed by atoms with E-state index < -0.39 is 0 Å². The Bertz CT molecular complexity index is 588. The second-order valence-electron chi connectivity index (χ2n) is 5.67. The zero-order valence-corrected chi connectivity index (χ0v) is 12.6. The first kappa shape index (κ1) is 14.7. The first-order chi connectivity index (χ1) is 10.6. The number of amides is 2. The van der Waals surface area contributed by atoms with Crippen molar-refractivity contribution >= 4 is 11.8 Å². The van der Waals surface area contributed by atoms with Gasteiger partial charge in [0.2, 0.25) is 18.6 Å². The van der Waals surface area contributed by atoms with Crippen LogP contribution in [0.1, 0.15) is 31.2 Å². The van der Waals surface area contributed by atoms with Gasteiger partial charge in [-0.25, -0.2) is 0 Å². The molecule has 1 saturated heterocycles. The van der Waals surface area contributed by atoms with Crippen molar-refractivity contribution in [3.05, 3.63) is 23.8 Å². The van der Waals surface area contributed by atoms with E-state index in [0.29, 0.717) is 18.9 Å². The van der Waals surface area contributed by atoms with E-state index in [1.54, 1.807) is 0 Å². The summed E-state index contributed by atoms with van der Waals surface area (Å²) in [5, 5.41) is 2.65. The number of carbonyl (C=O) groups is 2. The van der Waals surface area contributed by atoms with Crippen LogP contribution in [0.2, 0.25) is 0 Å². The minimum absolute atomic E-state index is 0.0944. The lowest BCUT2D eigenvalue weighted by Gasteiger charge is -2.17. The number of nitrogens with one attached hydrogen (secondary N) is 1. The smallest absolute Gasteiger partial charge is 0.231 e. The van der Waals surface area contributed by atoms with Crippen molar-refractivity contribution in [2.45, 2.75) is 25.7 Å². The Morgan fingerprint density at radius 1 is 1.32 bits per heavy atom. The minimum atomic E-state index is -0.104. The van der Waals surface area contributed by atoms with Crippen LogP contribution in [0, 0.1) is 0 Å². The third kappa shape index (κ3) is 3.16. The molecule has 0 bridgehead atoms. The summed E-state index contributed by atoms with van der Waals surface area (Å²) in [6.45, 7) is 3.61. The summed E-state index contributed by atoms with van der Waals surface area (Å²) < 4.78 is 10.7. The number of fused-ring (bicyclic) bond motifs is 1. The van der Waals surface area contributed by atoms with Crippen LogP contribution in [0.5, 0.6) is 11.5 Å². The van der Waals surface area contributed by atoms with Crippen molar-refractivity contribution in [3.8, 4) is 11.5 Å². The van der Waals surface area contributed by atoms with Crippen LogP contribution >= 0.6 is 0 Å². The van der Waals surface area contributed by atoms with Gasteiger partial charge in [0.15, 0.2) is 11.5 Å². The molecule has 22 heavy (non-hydrogen) atoms. The van der Waals surface area contributed by atoms with Gasteiger partial charge in [-0.1, -0.05) is 6.07 Å². The van der Waals surface area contributed by atoms with Crippen LogP contribution in [0.3, 0.4) is 0 Å². The average Bonchev–Trinajstić information content (AvgIpc) is 3.15. The highest BCUT2D eigenvalue weighted by Gasteiger charge is 2.28. The number of hydrogen-bond donors (Lipinski definition) is 1. The summed E-state index contributed by atoms with van der Waals surface area (Å²) in [6, 6.07) is 5.99. The first-order valence-corrected chi connectivity index (χ1v) is 7.55. The van der Waals surface area contributed by atoms with Gasteiger partial charge >= 0.3 is 0 Å². The van der Waals surface area contributed by atoms with E-state index in [-0.39, 0.29) is 18.6 Å². The third-order valence-corrected chi connectivity index (χ3v) is 4.12. The maximum absolute atomic E-state index is 12.1. The van der Waals surface area contributed by atoms with Crippen molar-refractivity contribution in [2.24, 2.45) is 0 Å². The lowest BCUT2D eigenvalue weighted by molar-refractivity contribution is -0.130. The highest BCUT2D eigenvalue weighted by atomic mass is 16.7. The second-order valence-corrected chi connectivity index (χ2v) is 5.67. The van der Waals surface area contributed by atoms with E-state index in [1.165, 1.54) is 12.5 Å². The molecule has 1 atom stereocenters. The Balaban J connectivity index is 1.55. The molecule has 6 nitrogen and oxygen atoms in total. The largest absolute Gasteiger partial charge is 0.454 e. The van der Waals surface area contributed by atoms with Crippen molar-refractivity contribution in [2.75, 3.05) is 26.4 Å². The van der Waals surface area contributed by atoms with Gasteiger partial charge < -0.3 is 19.7 Å². The fraction of sp³-hybridized carbons (Fsp3) is 0.500. The van der Waals surface area contributed by atoms with Gasteiger partial charge in [-0.15, -0.1) is 0 Å². The summed E-state index contributed by atoms with van der Waals surface area (Å²) in [7, 11) is 0. The molecule has 1 unspecified atom stereocenters. The molecule has 118 valence electrons. The summed E-state index contributed by atoms with van der Waals surface area (Å²) in [5.41, 5.74) is 1.18. The molecule has 0 aliphatic carbocycles. The molecule has 0 spiro atoms. The third-order valence-electron chi connectivity index (χ3n) is 4.12. The van der Waals surface area contributed by atoms with Crippen LogP contribution in [0.15, 0.2) is 18.2 Å². The number of benzene rings is 1. The molecule has 0 aromatic heterocycles. The van der Waals surface area contributed by atoms with Gasteiger partial charge in [0.1, 0.15) is 0 Å². The van der Waals surface area contributed by atoms with Crippen LogP contribution in [0.25, 0.3) is 0 Å². The number of rotatable bonds is 4. The van der Waals surface area contributed by atoms with E-state index in [2.05, 4.69) is 5.32 Å². The van der Waals surface area contributed by atoms with Crippen LogP contribution in [0.4, 0.5) is 0 Å². The van der Waals surface area contributed by atoms with E-state index >= 15 is 0 Å². The summed E-state index contributed by atoms with van der Waals surface area (Å²) in [4.78, 5) is 24.8. The van der Waals surface area contributed by atoms with E-state index in [0.717, 1.165) is 31.0 Å². The number of ether oxygens (including phenoxy) is 2. The van der Waals surface area contributed by atoms with Crippen molar-refractivity contribution in [1.29, 1.82) is 0 Å². The maximum Gasteiger partial charge on any atom is 0.231 e. The molecule has 3 rings (SSSR count). The zero-order valence-electron chi connectivity index (χ0n) is 12.6. The molecule has 2 amide bonds. The predicted octanol–water partition coefficient (Wildman–Crippen LogP) is 1.26. The minimum Gasteiger partial charge on any atom is -0.454 e. The zero-order chi connectivity index (χ0) is 15.5. The van der Waals surface area contributed by atoms with Gasteiger partial charge in [0.25, 0.3) is 0 Å². The molecule has 1 fully saturated rings. The molecule has 2 aliphatic heterocycles. The van der Waals surface area contributed by atoms with Crippen molar-refractivity contribution in [1.82, 2.24) is 10.2 Å². The Morgan fingerprint density at radius 3 is 2.95 bits per heavy atom. The maximum atomic E-state index is 12.1. The molecular weight excluding hydrogens is 284 g/mol. The topological polar surface area (TPSA) is 67.9 Å². The standard InChI is InChI=1S/C16H20N2O4/c1-11(19)17-6-4-16(20)18-7-5-13(9-18)12-2-3-14-15(8-12)22-10-21-14/h2-3,8,13H,4-7,9-10H2,1H3,(H,17,19). The molecule has 6 heteroatoms. The predicted molar refractivity (Wildman–Crippen MR) is 79.8 cm³/mol. The molecule has 1 N–H and O–H groups in total. The Hall–Kier alpha value is -2.24. The van der Waals surface area contributed by atoms with Gasteiger partial charge in [-0.2, -0.15) is 0 Å². The summed E-state index contributed by atoms with van der Waals surface area (Å²) in [5.74, 6) is 1.89. The average molecular weight is 304 g/mol. The Morgan fingerprint density at radius 2 is 2.14 bits per heavy atom. The molecule has 1 aromatic rings. The number of hydrogen-bond acceptors (Lipinski definition) is 4. The van der Waals surface area contributed by atoms with Gasteiger partial charge in [0.05, 0.1) is 0 Å². The Labute approximate surface area is 129 Å². The van der Waals surface area contributed by atoms with Crippen LogP contribution < -0.4 is 14.8 Å². The molecule has 0 radical (unpaired) electrons. The monoisotopic (exact) mass is 304 g/mol. The van der Waals surface area contributed by atoms with E-state index in [9.17, 15) is 9.59 Å². The van der Waals surface area contributed by atoms with E-state index in [4.69, 9.17) is 9.47 Å². The number of carbonyl (C=O) groups excluding carboxylic acids is 2. The van der Waals surface area contributed by atoms with Gasteiger partial charge in [-0.05, 0) is 24.1 Å². The quantitative estimate of drug-likeness (QED) is 0.909. The molecule has 0 saturated carbocycles. The summed E-state index contributed by atoms with van der Waals surface area (Å²) >= 11 is 0. The van der Waals surface area contributed by atoms with E-state index in [1.807, 2.05) is 23.1 Å². The molecule has 1 aromatic carbocycles. The normalized spacial score (nSPS) is 19.3. The number of likely N-dealkylation sites (tertiary alicyclic amines) is 1. The first-order valence-electron chi connectivity index (χ1n) is 7.55. The van der Waals surface area contributed by atoms with Crippen molar-refractivity contribution in [3.63, 3.8) is 0 Å². The highest BCUT2D eigenvalue weighted by molar-refractivity contribution is 5.78. The number of nitrogens with zero attached hydrogens (tertiary/aromatic N) is 1. The lowest BCUT2D eigenvalue weighted by Crippen LogP contribution is -2.32.